The van der Waals surface area contributed by atoms with Crippen molar-refractivity contribution < 1.29 is 37.3 Å². The standard InChI is InChI=1S/C33H64NO7P/c1-6-8-10-11-12-13-14-15-16-17-18-19-20-21-22-23-24-25-28-38-30-32(41-33(35)26-9-7-2)31-40-42(36,37)39-29-27-34(3,4)5/h12-13,15-16,32H,6-11,14,17-31H2,1-5H3/p+1/b13-12-,16-15-. The number of ether oxygens (including phenoxy) is 2. The maximum Gasteiger partial charge on any atom is 0.472 e. The van der Waals surface area contributed by atoms with Crippen LogP contribution in [0.5, 0.6) is 0 Å². The van der Waals surface area contributed by atoms with E-state index in [-0.39, 0.29) is 25.8 Å². The Morgan fingerprint density at radius 3 is 1.90 bits per heavy atom. The zero-order chi connectivity index (χ0) is 31.4. The monoisotopic (exact) mass is 618 g/mol. The SMILES string of the molecule is CCCCC/C=C\C/C=C\CCCCCCCCCCOCC(COP(=O)(O)OCC[N+](C)(C)C)OC(=O)CCCC. The molecule has 0 aliphatic rings. The van der Waals surface area contributed by atoms with Crippen molar-refractivity contribution in [1.29, 1.82) is 0 Å². The molecule has 0 saturated heterocycles. The number of unbranched alkanes of at least 4 members (excludes halogenated alkanes) is 12. The van der Waals surface area contributed by atoms with Gasteiger partial charge < -0.3 is 18.9 Å². The van der Waals surface area contributed by atoms with Gasteiger partial charge >= 0.3 is 13.8 Å². The van der Waals surface area contributed by atoms with E-state index < -0.39 is 13.9 Å². The number of hydrogen-bond donors (Lipinski definition) is 1. The van der Waals surface area contributed by atoms with Crippen molar-refractivity contribution in [3.8, 4) is 0 Å². The lowest BCUT2D eigenvalue weighted by molar-refractivity contribution is -0.870. The van der Waals surface area contributed by atoms with Crippen LogP contribution in [0.1, 0.15) is 123 Å². The number of allylic oxidation sites excluding steroid dienone is 4. The molecule has 2 unspecified atom stereocenters. The van der Waals surface area contributed by atoms with Crippen LogP contribution in [-0.2, 0) is 27.9 Å². The van der Waals surface area contributed by atoms with E-state index in [9.17, 15) is 14.3 Å². The Morgan fingerprint density at radius 2 is 1.31 bits per heavy atom. The number of likely N-dealkylation sites (N-methyl/N-ethyl adjacent to an activating group) is 1. The molecule has 0 fully saturated rings. The van der Waals surface area contributed by atoms with Gasteiger partial charge in [-0.2, -0.15) is 0 Å². The van der Waals surface area contributed by atoms with Gasteiger partial charge in [0.2, 0.25) is 0 Å². The molecule has 0 aliphatic heterocycles. The highest BCUT2D eigenvalue weighted by atomic mass is 31.2. The molecule has 42 heavy (non-hydrogen) atoms. The highest BCUT2D eigenvalue weighted by Crippen LogP contribution is 2.43. The molecule has 0 radical (unpaired) electrons. The normalized spacial score (nSPS) is 14.5. The second-order valence-electron chi connectivity index (χ2n) is 12.2. The van der Waals surface area contributed by atoms with E-state index in [0.717, 1.165) is 32.1 Å². The molecule has 0 rings (SSSR count). The van der Waals surface area contributed by atoms with Crippen LogP contribution < -0.4 is 0 Å². The maximum atomic E-state index is 12.2. The Bertz CT molecular complexity index is 736. The van der Waals surface area contributed by atoms with E-state index in [1.807, 2.05) is 28.1 Å². The average Bonchev–Trinajstić information content (AvgIpc) is 2.92. The average molecular weight is 619 g/mol. The van der Waals surface area contributed by atoms with Crippen LogP contribution in [0.2, 0.25) is 0 Å². The third-order valence-electron chi connectivity index (χ3n) is 6.77. The predicted octanol–water partition coefficient (Wildman–Crippen LogP) is 8.54. The van der Waals surface area contributed by atoms with Gasteiger partial charge in [-0.15, -0.1) is 0 Å². The van der Waals surface area contributed by atoms with Gasteiger partial charge in [0, 0.05) is 13.0 Å². The fourth-order valence-electron chi connectivity index (χ4n) is 4.09. The summed E-state index contributed by atoms with van der Waals surface area (Å²) in [7, 11) is 1.65. The summed E-state index contributed by atoms with van der Waals surface area (Å²) in [5.41, 5.74) is 0. The number of nitrogens with zero attached hydrogens (tertiary/aromatic N) is 1. The molecule has 0 aromatic heterocycles. The first kappa shape index (κ1) is 41.0. The Balaban J connectivity index is 3.98. The minimum absolute atomic E-state index is 0.0867. The molecule has 1 N–H and O–H groups in total. The number of phosphoric acid groups is 1. The van der Waals surface area contributed by atoms with Crippen LogP contribution in [0.15, 0.2) is 24.3 Å². The lowest BCUT2D eigenvalue weighted by atomic mass is 10.1. The van der Waals surface area contributed by atoms with E-state index in [1.54, 1.807) is 0 Å². The summed E-state index contributed by atoms with van der Waals surface area (Å²) in [4.78, 5) is 22.1. The first-order valence-electron chi connectivity index (χ1n) is 16.6. The first-order chi connectivity index (χ1) is 20.1. The Labute approximate surface area is 258 Å². The van der Waals surface area contributed by atoms with Gasteiger partial charge in [-0.05, 0) is 44.9 Å². The number of rotatable bonds is 30. The number of quaternary nitrogens is 1. The molecule has 2 atom stereocenters. The van der Waals surface area contributed by atoms with Crippen molar-refractivity contribution in [3.63, 3.8) is 0 Å². The van der Waals surface area contributed by atoms with Crippen molar-refractivity contribution in [2.75, 3.05) is 54.1 Å². The van der Waals surface area contributed by atoms with E-state index in [2.05, 4.69) is 31.2 Å². The molecular formula is C33H65NO7P+. The fraction of sp³-hybridized carbons (Fsp3) is 0.848. The zero-order valence-electron chi connectivity index (χ0n) is 27.7. The minimum Gasteiger partial charge on any atom is -0.457 e. The topological polar surface area (TPSA) is 91.3 Å². The summed E-state index contributed by atoms with van der Waals surface area (Å²) >= 11 is 0. The van der Waals surface area contributed by atoms with Gasteiger partial charge in [-0.1, -0.05) is 95.9 Å². The molecule has 0 bridgehead atoms. The summed E-state index contributed by atoms with van der Waals surface area (Å²) in [6, 6.07) is 0. The van der Waals surface area contributed by atoms with Crippen LogP contribution in [0, 0.1) is 0 Å². The molecule has 0 aliphatic carbocycles. The van der Waals surface area contributed by atoms with Gasteiger partial charge in [-0.25, -0.2) is 4.57 Å². The van der Waals surface area contributed by atoms with Gasteiger partial charge in [0.1, 0.15) is 19.3 Å². The maximum absolute atomic E-state index is 12.2. The second-order valence-corrected chi connectivity index (χ2v) is 13.6. The number of hydrogen-bond acceptors (Lipinski definition) is 6. The Morgan fingerprint density at radius 1 is 0.738 bits per heavy atom. The smallest absolute Gasteiger partial charge is 0.457 e. The predicted molar refractivity (Wildman–Crippen MR) is 173 cm³/mol. The molecule has 0 aromatic carbocycles. The summed E-state index contributed by atoms with van der Waals surface area (Å²) < 4.78 is 34.2. The van der Waals surface area contributed by atoms with Gasteiger partial charge in [0.25, 0.3) is 0 Å². The lowest BCUT2D eigenvalue weighted by Crippen LogP contribution is -2.37. The van der Waals surface area contributed by atoms with Crippen molar-refractivity contribution in [3.05, 3.63) is 24.3 Å². The summed E-state index contributed by atoms with van der Waals surface area (Å²) in [6.45, 7) is 5.32. The number of phosphoric ester groups is 1. The van der Waals surface area contributed by atoms with E-state index in [4.69, 9.17) is 18.5 Å². The van der Waals surface area contributed by atoms with E-state index in [1.165, 1.54) is 70.6 Å². The molecule has 0 saturated carbocycles. The Hall–Kier alpha value is -1.02. The number of carbonyl (C=O) groups is 1. The van der Waals surface area contributed by atoms with Gasteiger partial charge in [0.05, 0.1) is 34.4 Å². The summed E-state index contributed by atoms with van der Waals surface area (Å²) in [5, 5.41) is 0. The first-order valence-corrected chi connectivity index (χ1v) is 18.1. The molecular weight excluding hydrogens is 553 g/mol. The second kappa shape index (κ2) is 27.5. The van der Waals surface area contributed by atoms with Crippen LogP contribution in [0.4, 0.5) is 0 Å². The quantitative estimate of drug-likeness (QED) is 0.0284. The number of carbonyl (C=O) groups excluding carboxylic acids is 1. The zero-order valence-corrected chi connectivity index (χ0v) is 28.6. The van der Waals surface area contributed by atoms with Crippen LogP contribution in [-0.4, -0.2) is 75.6 Å². The molecule has 0 spiro atoms. The molecule has 0 heterocycles. The molecule has 9 heteroatoms. The van der Waals surface area contributed by atoms with Gasteiger partial charge in [0.15, 0.2) is 0 Å². The number of esters is 1. The minimum atomic E-state index is -4.24. The van der Waals surface area contributed by atoms with Crippen LogP contribution >= 0.6 is 7.82 Å². The van der Waals surface area contributed by atoms with Crippen LogP contribution in [0.25, 0.3) is 0 Å². The third kappa shape index (κ3) is 30.4. The van der Waals surface area contributed by atoms with Crippen molar-refractivity contribution in [2.45, 2.75) is 129 Å². The van der Waals surface area contributed by atoms with Crippen molar-refractivity contribution >= 4 is 13.8 Å². The molecule has 248 valence electrons. The third-order valence-corrected chi connectivity index (χ3v) is 7.75. The van der Waals surface area contributed by atoms with E-state index >= 15 is 0 Å². The molecule has 0 aromatic rings. The van der Waals surface area contributed by atoms with Crippen molar-refractivity contribution in [1.82, 2.24) is 0 Å². The fourth-order valence-corrected chi connectivity index (χ4v) is 4.83. The Kier molecular flexibility index (Phi) is 26.9. The highest BCUT2D eigenvalue weighted by molar-refractivity contribution is 7.47. The van der Waals surface area contributed by atoms with E-state index in [0.29, 0.717) is 24.1 Å². The molecule has 0 amide bonds. The summed E-state index contributed by atoms with van der Waals surface area (Å²) in [6.07, 6.45) is 27.3. The molecule has 8 nitrogen and oxygen atoms in total. The van der Waals surface area contributed by atoms with Crippen LogP contribution in [0.3, 0.4) is 0 Å². The lowest BCUT2D eigenvalue weighted by Gasteiger charge is -2.24. The highest BCUT2D eigenvalue weighted by Gasteiger charge is 2.26. The largest absolute Gasteiger partial charge is 0.472 e. The summed E-state index contributed by atoms with van der Waals surface area (Å²) in [5.74, 6) is -0.353. The van der Waals surface area contributed by atoms with Gasteiger partial charge in [-0.3, -0.25) is 13.8 Å². The van der Waals surface area contributed by atoms with Crippen molar-refractivity contribution in [2.24, 2.45) is 0 Å².